The van der Waals surface area contributed by atoms with Gasteiger partial charge in [-0.3, -0.25) is 4.40 Å². The van der Waals surface area contributed by atoms with Gasteiger partial charge in [0.1, 0.15) is 28.1 Å². The van der Waals surface area contributed by atoms with Gasteiger partial charge in [0.25, 0.3) is 0 Å². The van der Waals surface area contributed by atoms with Crippen LogP contribution in [0.4, 0.5) is 0 Å². The van der Waals surface area contributed by atoms with Crippen molar-refractivity contribution in [3.63, 3.8) is 0 Å². The fraction of sp³-hybridized carbons (Fsp3) is 0.0455. The van der Waals surface area contributed by atoms with E-state index in [0.29, 0.717) is 40.1 Å². The fourth-order valence-corrected chi connectivity index (χ4v) is 3.47. The van der Waals surface area contributed by atoms with Gasteiger partial charge in [-0.05, 0) is 48.5 Å². The van der Waals surface area contributed by atoms with E-state index in [2.05, 4.69) is 9.97 Å². The minimum atomic E-state index is 0.00484. The maximum absolute atomic E-state index is 10.9. The molecular formula is C22H15ClN4O3. The van der Waals surface area contributed by atoms with Gasteiger partial charge in [-0.1, -0.05) is 11.6 Å². The van der Waals surface area contributed by atoms with Crippen molar-refractivity contribution in [3.05, 3.63) is 83.8 Å². The molecule has 30 heavy (non-hydrogen) atoms. The van der Waals surface area contributed by atoms with Crippen LogP contribution in [0.1, 0.15) is 11.5 Å². The van der Waals surface area contributed by atoms with Gasteiger partial charge in [0.15, 0.2) is 5.65 Å². The molecule has 1 aromatic carbocycles. The van der Waals surface area contributed by atoms with Gasteiger partial charge in [0.05, 0.1) is 18.4 Å². The molecule has 0 atom stereocenters. The highest BCUT2D eigenvalue weighted by Crippen LogP contribution is 2.32. The molecule has 7 nitrogen and oxygen atoms in total. The second kappa shape index (κ2) is 7.20. The molecular weight excluding hydrogens is 404 g/mol. The highest BCUT2D eigenvalue weighted by Gasteiger charge is 2.19. The minimum absolute atomic E-state index is 0.00484. The van der Waals surface area contributed by atoms with E-state index in [1.807, 2.05) is 6.07 Å². The predicted molar refractivity (Wildman–Crippen MR) is 112 cm³/mol. The van der Waals surface area contributed by atoms with E-state index in [0.717, 1.165) is 11.1 Å². The van der Waals surface area contributed by atoms with Crippen molar-refractivity contribution in [1.29, 1.82) is 0 Å². The first kappa shape index (κ1) is 18.2. The number of hydrogen-bond acceptors (Lipinski definition) is 6. The zero-order chi connectivity index (χ0) is 20.7. The number of furan rings is 1. The normalized spacial score (nSPS) is 11.2. The minimum Gasteiger partial charge on any atom is -0.508 e. The van der Waals surface area contributed by atoms with Crippen LogP contribution in [0.3, 0.4) is 0 Å². The molecule has 2 N–H and O–H groups in total. The van der Waals surface area contributed by atoms with E-state index < -0.39 is 0 Å². The first-order valence-electron chi connectivity index (χ1n) is 9.13. The summed E-state index contributed by atoms with van der Waals surface area (Å²) >= 11 is 6.10. The summed E-state index contributed by atoms with van der Waals surface area (Å²) in [5.41, 5.74) is 3.59. The van der Waals surface area contributed by atoms with Gasteiger partial charge in [0, 0.05) is 23.5 Å². The molecule has 0 saturated carbocycles. The standard InChI is InChI=1S/C22H15ClN4O3/c23-19-10-14(7-8-24-19)20-21-26-17(11-16-2-1-9-30-16)22(29)27(21)12-18(25-20)13-3-5-15(28)6-4-13/h1-10,12,28-29H,11H2. The molecule has 0 radical (unpaired) electrons. The van der Waals surface area contributed by atoms with Crippen molar-refractivity contribution >= 4 is 17.2 Å². The summed E-state index contributed by atoms with van der Waals surface area (Å²) in [6, 6.07) is 13.8. The van der Waals surface area contributed by atoms with Gasteiger partial charge in [-0.25, -0.2) is 15.0 Å². The summed E-state index contributed by atoms with van der Waals surface area (Å²) in [4.78, 5) is 13.4. The molecule has 5 rings (SSSR count). The first-order chi connectivity index (χ1) is 14.6. The Morgan fingerprint density at radius 3 is 2.57 bits per heavy atom. The fourth-order valence-electron chi connectivity index (χ4n) is 3.29. The van der Waals surface area contributed by atoms with E-state index in [1.165, 1.54) is 0 Å². The first-order valence-corrected chi connectivity index (χ1v) is 9.51. The van der Waals surface area contributed by atoms with E-state index in [-0.39, 0.29) is 11.6 Å². The van der Waals surface area contributed by atoms with Crippen LogP contribution < -0.4 is 0 Å². The molecule has 4 aromatic heterocycles. The third kappa shape index (κ3) is 3.25. The number of rotatable bonds is 4. The number of aromatic nitrogens is 4. The number of phenols is 1. The number of pyridine rings is 1. The maximum Gasteiger partial charge on any atom is 0.219 e. The summed E-state index contributed by atoms with van der Waals surface area (Å²) < 4.78 is 6.99. The number of fused-ring (bicyclic) bond motifs is 1. The van der Waals surface area contributed by atoms with Crippen LogP contribution in [0.2, 0.25) is 5.15 Å². The van der Waals surface area contributed by atoms with Crippen molar-refractivity contribution in [1.82, 2.24) is 19.4 Å². The van der Waals surface area contributed by atoms with Gasteiger partial charge in [0.2, 0.25) is 5.88 Å². The summed E-state index contributed by atoms with van der Waals surface area (Å²) in [6.45, 7) is 0. The van der Waals surface area contributed by atoms with Crippen LogP contribution in [0.15, 0.2) is 71.6 Å². The number of hydrogen-bond donors (Lipinski definition) is 2. The number of nitrogens with zero attached hydrogens (tertiary/aromatic N) is 4. The average molecular weight is 419 g/mol. The zero-order valence-electron chi connectivity index (χ0n) is 15.5. The van der Waals surface area contributed by atoms with Gasteiger partial charge >= 0.3 is 0 Å². The average Bonchev–Trinajstić information content (AvgIpc) is 3.37. The lowest BCUT2D eigenvalue weighted by Crippen LogP contribution is -1.96. The van der Waals surface area contributed by atoms with Crippen molar-refractivity contribution in [2.45, 2.75) is 6.42 Å². The Morgan fingerprint density at radius 1 is 1.00 bits per heavy atom. The Hall–Kier alpha value is -3.84. The molecule has 0 aliphatic rings. The Labute approximate surface area is 175 Å². The molecule has 0 spiro atoms. The smallest absolute Gasteiger partial charge is 0.219 e. The molecule has 148 valence electrons. The third-order valence-corrected chi connectivity index (χ3v) is 4.94. The molecule has 5 aromatic rings. The molecule has 8 heteroatoms. The molecule has 0 saturated heterocycles. The van der Waals surface area contributed by atoms with Gasteiger partial charge < -0.3 is 14.6 Å². The zero-order valence-corrected chi connectivity index (χ0v) is 16.3. The molecule has 0 aliphatic carbocycles. The SMILES string of the molecule is Oc1ccc(-c2cn3c(O)c(Cc4ccco4)nc3c(-c3ccnc(Cl)c3)n2)cc1. The summed E-state index contributed by atoms with van der Waals surface area (Å²) in [5, 5.41) is 20.8. The lowest BCUT2D eigenvalue weighted by Gasteiger charge is -2.08. The van der Waals surface area contributed by atoms with Gasteiger partial charge in [-0.15, -0.1) is 0 Å². The van der Waals surface area contributed by atoms with E-state index in [9.17, 15) is 10.2 Å². The summed E-state index contributed by atoms with van der Waals surface area (Å²) in [7, 11) is 0. The lowest BCUT2D eigenvalue weighted by atomic mass is 10.1. The van der Waals surface area contributed by atoms with Crippen LogP contribution in [0.5, 0.6) is 11.6 Å². The summed E-state index contributed by atoms with van der Waals surface area (Å²) in [6.07, 6.45) is 5.22. The Morgan fingerprint density at radius 2 is 1.83 bits per heavy atom. The maximum atomic E-state index is 10.9. The topological polar surface area (TPSA) is 96.7 Å². The quantitative estimate of drug-likeness (QED) is 0.410. The monoisotopic (exact) mass is 418 g/mol. The predicted octanol–water partition coefficient (Wildman–Crippen LogP) is 4.71. The second-order valence-corrected chi connectivity index (χ2v) is 7.11. The van der Waals surface area contributed by atoms with Crippen LogP contribution >= 0.6 is 11.6 Å². The van der Waals surface area contributed by atoms with Crippen LogP contribution in [0, 0.1) is 0 Å². The van der Waals surface area contributed by atoms with E-state index >= 15 is 0 Å². The number of aromatic hydroxyl groups is 2. The van der Waals surface area contributed by atoms with Crippen molar-refractivity contribution in [2.24, 2.45) is 0 Å². The number of phenolic OH excluding ortho intramolecular Hbond substituents is 1. The number of imidazole rings is 1. The number of benzene rings is 1. The second-order valence-electron chi connectivity index (χ2n) is 6.72. The highest BCUT2D eigenvalue weighted by molar-refractivity contribution is 6.29. The van der Waals surface area contributed by atoms with Crippen LogP contribution in [-0.4, -0.2) is 29.6 Å². The van der Waals surface area contributed by atoms with Crippen LogP contribution in [-0.2, 0) is 6.42 Å². The molecule has 4 heterocycles. The van der Waals surface area contributed by atoms with Crippen molar-refractivity contribution in [3.8, 4) is 34.1 Å². The summed E-state index contributed by atoms with van der Waals surface area (Å²) in [5.74, 6) is 0.853. The van der Waals surface area contributed by atoms with Crippen molar-refractivity contribution < 1.29 is 14.6 Å². The van der Waals surface area contributed by atoms with E-state index in [4.69, 9.17) is 21.0 Å². The molecule has 0 unspecified atom stereocenters. The Kier molecular flexibility index (Phi) is 4.37. The largest absolute Gasteiger partial charge is 0.508 e. The van der Waals surface area contributed by atoms with Crippen molar-refractivity contribution in [2.75, 3.05) is 0 Å². The molecule has 0 fully saturated rings. The molecule has 0 amide bonds. The number of halogens is 1. The molecule has 0 bridgehead atoms. The Balaban J connectivity index is 1.74. The lowest BCUT2D eigenvalue weighted by molar-refractivity contribution is 0.438. The third-order valence-electron chi connectivity index (χ3n) is 4.74. The Bertz CT molecular complexity index is 1350. The molecule has 0 aliphatic heterocycles. The van der Waals surface area contributed by atoms with E-state index in [1.54, 1.807) is 65.5 Å². The van der Waals surface area contributed by atoms with Crippen LogP contribution in [0.25, 0.3) is 28.2 Å². The highest BCUT2D eigenvalue weighted by atomic mass is 35.5. The van der Waals surface area contributed by atoms with Gasteiger partial charge in [-0.2, -0.15) is 0 Å².